The highest BCUT2D eigenvalue weighted by Gasteiger charge is 2.17. The maximum Gasteiger partial charge on any atom is 0.359 e. The van der Waals surface area contributed by atoms with Crippen molar-refractivity contribution in [2.24, 2.45) is 0 Å². The first-order valence-corrected chi connectivity index (χ1v) is 6.41. The van der Waals surface area contributed by atoms with Gasteiger partial charge >= 0.3 is 5.63 Å². The molecule has 1 fully saturated rings. The zero-order chi connectivity index (χ0) is 13.4. The summed E-state index contributed by atoms with van der Waals surface area (Å²) >= 11 is 0. The summed E-state index contributed by atoms with van der Waals surface area (Å²) in [5, 5.41) is 0.869. The summed E-state index contributed by atoms with van der Waals surface area (Å²) < 4.78 is 5.37. The molecule has 0 bridgehead atoms. The summed E-state index contributed by atoms with van der Waals surface area (Å²) in [5.41, 5.74) is 6.90. The van der Waals surface area contributed by atoms with Crippen LogP contribution in [0.3, 0.4) is 0 Å². The van der Waals surface area contributed by atoms with E-state index < -0.39 is 5.63 Å². The molecular weight excluding hydrogens is 278 g/mol. The lowest BCUT2D eigenvalue weighted by atomic mass is 10.1. The molecule has 1 aromatic heterocycles. The fourth-order valence-electron chi connectivity index (χ4n) is 2.44. The van der Waals surface area contributed by atoms with E-state index in [1.54, 1.807) is 6.07 Å². The molecule has 0 atom stereocenters. The normalized spacial score (nSPS) is 16.1. The van der Waals surface area contributed by atoms with Crippen LogP contribution in [-0.4, -0.2) is 38.1 Å². The molecule has 1 aromatic carbocycles. The van der Waals surface area contributed by atoms with Gasteiger partial charge in [-0.1, -0.05) is 12.1 Å². The standard InChI is InChI=1S/C14H17N3O2.ClH/c1-16-5-7-17(8-6-16)12-4-2-3-10-9-11(15)14(18)19-13(10)12;/h2-4,9H,5-8,15H2,1H3;1H. The van der Waals surface area contributed by atoms with Gasteiger partial charge in [-0.15, -0.1) is 12.4 Å². The molecule has 0 aliphatic carbocycles. The minimum absolute atomic E-state index is 0. The molecule has 0 radical (unpaired) electrons. The highest BCUT2D eigenvalue weighted by atomic mass is 35.5. The van der Waals surface area contributed by atoms with Crippen LogP contribution in [0, 0.1) is 0 Å². The van der Waals surface area contributed by atoms with Crippen molar-refractivity contribution < 1.29 is 4.42 Å². The number of nitrogen functional groups attached to an aromatic ring is 1. The van der Waals surface area contributed by atoms with Crippen LogP contribution >= 0.6 is 12.4 Å². The number of hydrogen-bond acceptors (Lipinski definition) is 5. The van der Waals surface area contributed by atoms with E-state index in [4.69, 9.17) is 10.2 Å². The van der Waals surface area contributed by atoms with Crippen molar-refractivity contribution in [3.63, 3.8) is 0 Å². The van der Waals surface area contributed by atoms with E-state index in [9.17, 15) is 4.79 Å². The molecular formula is C14H18ClN3O2. The van der Waals surface area contributed by atoms with Gasteiger partial charge in [0.15, 0.2) is 5.58 Å². The molecule has 5 nitrogen and oxygen atoms in total. The molecule has 6 heteroatoms. The number of halogens is 1. The van der Waals surface area contributed by atoms with Crippen LogP contribution < -0.4 is 16.3 Å². The van der Waals surface area contributed by atoms with Crippen molar-refractivity contribution in [1.82, 2.24) is 4.90 Å². The van der Waals surface area contributed by atoms with Gasteiger partial charge in [0.1, 0.15) is 5.69 Å². The third-order valence-corrected chi connectivity index (χ3v) is 3.61. The summed E-state index contributed by atoms with van der Waals surface area (Å²) in [7, 11) is 2.11. The van der Waals surface area contributed by atoms with Crippen LogP contribution in [0.5, 0.6) is 0 Å². The van der Waals surface area contributed by atoms with E-state index in [0.29, 0.717) is 5.58 Å². The summed E-state index contributed by atoms with van der Waals surface area (Å²) in [4.78, 5) is 16.1. The molecule has 0 saturated carbocycles. The lowest BCUT2D eigenvalue weighted by Gasteiger charge is -2.34. The van der Waals surface area contributed by atoms with E-state index in [1.807, 2.05) is 18.2 Å². The molecule has 2 heterocycles. The molecule has 20 heavy (non-hydrogen) atoms. The number of rotatable bonds is 1. The van der Waals surface area contributed by atoms with Crippen LogP contribution in [0.1, 0.15) is 0 Å². The highest BCUT2D eigenvalue weighted by Crippen LogP contribution is 2.27. The third-order valence-electron chi connectivity index (χ3n) is 3.61. The van der Waals surface area contributed by atoms with Gasteiger partial charge in [-0.05, 0) is 19.2 Å². The number of likely N-dealkylation sites (N-methyl/N-ethyl adjacent to an activating group) is 1. The first-order valence-electron chi connectivity index (χ1n) is 6.41. The lowest BCUT2D eigenvalue weighted by Crippen LogP contribution is -2.44. The monoisotopic (exact) mass is 295 g/mol. The first-order chi connectivity index (χ1) is 9.15. The van der Waals surface area contributed by atoms with E-state index >= 15 is 0 Å². The Morgan fingerprint density at radius 1 is 1.20 bits per heavy atom. The van der Waals surface area contributed by atoms with Crippen molar-refractivity contribution in [2.75, 3.05) is 43.9 Å². The van der Waals surface area contributed by atoms with Crippen LogP contribution in [0.25, 0.3) is 11.0 Å². The minimum Gasteiger partial charge on any atom is -0.419 e. The predicted octanol–water partition coefficient (Wildman–Crippen LogP) is 1.55. The topological polar surface area (TPSA) is 62.7 Å². The third kappa shape index (κ3) is 2.59. The Hall–Kier alpha value is -1.72. The van der Waals surface area contributed by atoms with Crippen molar-refractivity contribution >= 4 is 34.8 Å². The second-order valence-corrected chi connectivity index (χ2v) is 4.98. The Kier molecular flexibility index (Phi) is 4.20. The summed E-state index contributed by atoms with van der Waals surface area (Å²) in [6.45, 7) is 3.89. The smallest absolute Gasteiger partial charge is 0.359 e. The van der Waals surface area contributed by atoms with Crippen molar-refractivity contribution in [3.05, 3.63) is 34.7 Å². The average Bonchev–Trinajstić information content (AvgIpc) is 2.41. The first kappa shape index (κ1) is 14.7. The van der Waals surface area contributed by atoms with Crippen LogP contribution in [0.4, 0.5) is 11.4 Å². The molecule has 0 amide bonds. The number of benzene rings is 1. The summed E-state index contributed by atoms with van der Waals surface area (Å²) in [5.74, 6) is 0. The minimum atomic E-state index is -0.464. The zero-order valence-corrected chi connectivity index (χ0v) is 12.2. The largest absolute Gasteiger partial charge is 0.419 e. The van der Waals surface area contributed by atoms with Gasteiger partial charge in [-0.2, -0.15) is 0 Å². The second kappa shape index (κ2) is 5.73. The van der Waals surface area contributed by atoms with Crippen molar-refractivity contribution in [3.8, 4) is 0 Å². The molecule has 0 unspecified atom stereocenters. The van der Waals surface area contributed by atoms with Gasteiger partial charge < -0.3 is 20.0 Å². The maximum absolute atomic E-state index is 11.6. The average molecular weight is 296 g/mol. The second-order valence-electron chi connectivity index (χ2n) is 4.98. The highest BCUT2D eigenvalue weighted by molar-refractivity contribution is 5.90. The van der Waals surface area contributed by atoms with Gasteiger partial charge in [-0.3, -0.25) is 0 Å². The van der Waals surface area contributed by atoms with E-state index in [2.05, 4.69) is 16.8 Å². The SMILES string of the molecule is CN1CCN(c2cccc3cc(N)c(=O)oc23)CC1.Cl. The number of nitrogens with two attached hydrogens (primary N) is 1. The van der Waals surface area contributed by atoms with Gasteiger partial charge in [0.25, 0.3) is 0 Å². The molecule has 1 aliphatic rings. The van der Waals surface area contributed by atoms with Crippen LogP contribution in [-0.2, 0) is 0 Å². The van der Waals surface area contributed by atoms with Gasteiger partial charge in [-0.25, -0.2) is 4.79 Å². The lowest BCUT2D eigenvalue weighted by molar-refractivity contribution is 0.312. The molecule has 2 N–H and O–H groups in total. The Morgan fingerprint density at radius 3 is 2.60 bits per heavy atom. The number of hydrogen-bond donors (Lipinski definition) is 1. The summed E-state index contributed by atoms with van der Waals surface area (Å²) in [6.07, 6.45) is 0. The quantitative estimate of drug-likeness (QED) is 0.809. The van der Waals surface area contributed by atoms with Gasteiger partial charge in [0.05, 0.1) is 5.69 Å². The van der Waals surface area contributed by atoms with Crippen LogP contribution in [0.15, 0.2) is 33.5 Å². The number of piperazine rings is 1. The predicted molar refractivity (Wildman–Crippen MR) is 83.9 cm³/mol. The maximum atomic E-state index is 11.6. The van der Waals surface area contributed by atoms with Crippen LogP contribution in [0.2, 0.25) is 0 Å². The molecule has 2 aromatic rings. The Balaban J connectivity index is 0.00000147. The molecule has 0 spiro atoms. The number of anilines is 2. The zero-order valence-electron chi connectivity index (χ0n) is 11.3. The van der Waals surface area contributed by atoms with E-state index in [-0.39, 0.29) is 18.1 Å². The van der Waals surface area contributed by atoms with Crippen molar-refractivity contribution in [2.45, 2.75) is 0 Å². The fourth-order valence-corrected chi connectivity index (χ4v) is 2.44. The molecule has 3 rings (SSSR count). The fraction of sp³-hybridized carbons (Fsp3) is 0.357. The number of nitrogens with zero attached hydrogens (tertiary/aromatic N) is 2. The molecule has 108 valence electrons. The van der Waals surface area contributed by atoms with E-state index in [1.165, 1.54) is 0 Å². The number of fused-ring (bicyclic) bond motifs is 1. The van der Waals surface area contributed by atoms with Crippen molar-refractivity contribution in [1.29, 1.82) is 0 Å². The Morgan fingerprint density at radius 2 is 1.90 bits per heavy atom. The molecule has 1 saturated heterocycles. The van der Waals surface area contributed by atoms with Gasteiger partial charge in [0.2, 0.25) is 0 Å². The number of para-hydroxylation sites is 1. The Labute approximate surface area is 123 Å². The Bertz CT molecular complexity index is 663. The molecule has 1 aliphatic heterocycles. The summed E-state index contributed by atoms with van der Waals surface area (Å²) in [6, 6.07) is 7.55. The van der Waals surface area contributed by atoms with E-state index in [0.717, 1.165) is 37.3 Å². The van der Waals surface area contributed by atoms with Gasteiger partial charge in [0, 0.05) is 31.6 Å².